The number of anilines is 1. The predicted octanol–water partition coefficient (Wildman–Crippen LogP) is 4.81. The van der Waals surface area contributed by atoms with Crippen LogP contribution < -0.4 is 4.90 Å². The van der Waals surface area contributed by atoms with E-state index >= 15 is 0 Å². The van der Waals surface area contributed by atoms with E-state index in [1.165, 1.54) is 16.8 Å². The first-order chi connectivity index (χ1) is 12.5. The number of carbonyl (C=O) groups is 1. The van der Waals surface area contributed by atoms with E-state index in [0.717, 1.165) is 43.6 Å². The van der Waals surface area contributed by atoms with Crippen LogP contribution in [0.25, 0.3) is 0 Å². The van der Waals surface area contributed by atoms with Crippen molar-refractivity contribution in [1.82, 2.24) is 4.90 Å². The Kier molecular flexibility index (Phi) is 5.77. The second kappa shape index (κ2) is 8.05. The van der Waals surface area contributed by atoms with Gasteiger partial charge in [-0.05, 0) is 54.7 Å². The maximum Gasteiger partial charge on any atom is 0.150 e. The lowest BCUT2D eigenvalue weighted by atomic mass is 9.99. The SMILES string of the molecule is Cc1cc(N2CCN([C@H](C)c3ccc(C(C)C)cc3)CC2)ccc1C=O. The Balaban J connectivity index is 1.62. The summed E-state index contributed by atoms with van der Waals surface area (Å²) < 4.78 is 0. The zero-order valence-corrected chi connectivity index (χ0v) is 16.4. The van der Waals surface area contributed by atoms with E-state index < -0.39 is 0 Å². The molecule has 1 aliphatic heterocycles. The van der Waals surface area contributed by atoms with E-state index in [2.05, 4.69) is 67.0 Å². The molecule has 3 nitrogen and oxygen atoms in total. The maximum absolute atomic E-state index is 11.0. The van der Waals surface area contributed by atoms with E-state index in [1.54, 1.807) is 0 Å². The third-order valence-corrected chi connectivity index (χ3v) is 5.69. The molecule has 1 saturated heterocycles. The van der Waals surface area contributed by atoms with Crippen molar-refractivity contribution in [2.45, 2.75) is 39.7 Å². The molecule has 0 saturated carbocycles. The molecule has 2 aromatic rings. The van der Waals surface area contributed by atoms with Crippen molar-refractivity contribution in [1.29, 1.82) is 0 Å². The van der Waals surface area contributed by atoms with Crippen molar-refractivity contribution in [2.24, 2.45) is 0 Å². The van der Waals surface area contributed by atoms with Gasteiger partial charge in [0.2, 0.25) is 0 Å². The van der Waals surface area contributed by atoms with Gasteiger partial charge in [-0.15, -0.1) is 0 Å². The Hall–Kier alpha value is -2.13. The molecule has 138 valence electrons. The van der Waals surface area contributed by atoms with Gasteiger partial charge in [0.1, 0.15) is 6.29 Å². The first kappa shape index (κ1) is 18.7. The minimum absolute atomic E-state index is 0.442. The molecule has 0 spiro atoms. The predicted molar refractivity (Wildman–Crippen MR) is 109 cm³/mol. The molecular weight excluding hydrogens is 320 g/mol. The minimum atomic E-state index is 0.442. The van der Waals surface area contributed by atoms with Gasteiger partial charge >= 0.3 is 0 Å². The minimum Gasteiger partial charge on any atom is -0.369 e. The van der Waals surface area contributed by atoms with Crippen LogP contribution in [0.4, 0.5) is 5.69 Å². The molecular formula is C23H30N2O. The number of carbonyl (C=O) groups excluding carboxylic acids is 1. The van der Waals surface area contributed by atoms with Crippen molar-refractivity contribution in [3.05, 3.63) is 64.7 Å². The van der Waals surface area contributed by atoms with Crippen molar-refractivity contribution < 1.29 is 4.79 Å². The van der Waals surface area contributed by atoms with Crippen LogP contribution in [0, 0.1) is 6.92 Å². The molecule has 0 unspecified atom stereocenters. The van der Waals surface area contributed by atoms with Gasteiger partial charge in [0.15, 0.2) is 0 Å². The molecule has 0 aromatic heterocycles. The number of rotatable bonds is 5. The van der Waals surface area contributed by atoms with Gasteiger partial charge in [-0.2, -0.15) is 0 Å². The first-order valence-corrected chi connectivity index (χ1v) is 9.64. The number of aryl methyl sites for hydroxylation is 1. The molecule has 2 aromatic carbocycles. The lowest BCUT2D eigenvalue weighted by Gasteiger charge is -2.39. The molecule has 0 N–H and O–H groups in total. The quantitative estimate of drug-likeness (QED) is 0.723. The van der Waals surface area contributed by atoms with Gasteiger partial charge in [-0.3, -0.25) is 9.69 Å². The molecule has 0 bridgehead atoms. The van der Waals surface area contributed by atoms with Crippen molar-refractivity contribution in [3.8, 4) is 0 Å². The van der Waals surface area contributed by atoms with Crippen LogP contribution in [-0.2, 0) is 0 Å². The molecule has 3 heteroatoms. The summed E-state index contributed by atoms with van der Waals surface area (Å²) in [7, 11) is 0. The van der Waals surface area contributed by atoms with E-state index in [-0.39, 0.29) is 0 Å². The number of hydrogen-bond donors (Lipinski definition) is 0. The Morgan fingerprint density at radius 2 is 1.50 bits per heavy atom. The first-order valence-electron chi connectivity index (χ1n) is 9.64. The second-order valence-corrected chi connectivity index (χ2v) is 7.68. The van der Waals surface area contributed by atoms with Crippen LogP contribution in [0.2, 0.25) is 0 Å². The molecule has 1 heterocycles. The highest BCUT2D eigenvalue weighted by Gasteiger charge is 2.22. The van der Waals surface area contributed by atoms with Gasteiger partial charge in [-0.25, -0.2) is 0 Å². The summed E-state index contributed by atoms with van der Waals surface area (Å²) in [6.45, 7) is 12.9. The summed E-state index contributed by atoms with van der Waals surface area (Å²) in [5.74, 6) is 0.581. The number of benzene rings is 2. The summed E-state index contributed by atoms with van der Waals surface area (Å²) in [4.78, 5) is 16.0. The molecule has 0 aliphatic carbocycles. The molecule has 0 radical (unpaired) electrons. The van der Waals surface area contributed by atoms with Crippen molar-refractivity contribution in [2.75, 3.05) is 31.1 Å². The van der Waals surface area contributed by atoms with Crippen molar-refractivity contribution >= 4 is 12.0 Å². The topological polar surface area (TPSA) is 23.6 Å². The normalized spacial score (nSPS) is 16.7. The van der Waals surface area contributed by atoms with Crippen LogP contribution >= 0.6 is 0 Å². The van der Waals surface area contributed by atoms with E-state index in [1.807, 2.05) is 13.0 Å². The Labute approximate surface area is 157 Å². The lowest BCUT2D eigenvalue weighted by molar-refractivity contribution is 0.112. The largest absolute Gasteiger partial charge is 0.369 e. The monoisotopic (exact) mass is 350 g/mol. The van der Waals surface area contributed by atoms with Crippen LogP contribution in [-0.4, -0.2) is 37.4 Å². The fourth-order valence-electron chi connectivity index (χ4n) is 3.73. The van der Waals surface area contributed by atoms with Gasteiger partial charge in [0, 0.05) is 43.5 Å². The number of hydrogen-bond acceptors (Lipinski definition) is 3. The van der Waals surface area contributed by atoms with Gasteiger partial charge in [-0.1, -0.05) is 38.1 Å². The number of nitrogens with zero attached hydrogens (tertiary/aromatic N) is 2. The molecule has 1 fully saturated rings. The van der Waals surface area contributed by atoms with Gasteiger partial charge in [0.05, 0.1) is 0 Å². The summed E-state index contributed by atoms with van der Waals surface area (Å²) in [6.07, 6.45) is 0.934. The van der Waals surface area contributed by atoms with Crippen molar-refractivity contribution in [3.63, 3.8) is 0 Å². The lowest BCUT2D eigenvalue weighted by Crippen LogP contribution is -2.47. The third-order valence-electron chi connectivity index (χ3n) is 5.69. The average molecular weight is 351 g/mol. The molecule has 26 heavy (non-hydrogen) atoms. The van der Waals surface area contributed by atoms with Crippen LogP contribution in [0.5, 0.6) is 0 Å². The number of piperazine rings is 1. The van der Waals surface area contributed by atoms with E-state index in [4.69, 9.17) is 0 Å². The van der Waals surface area contributed by atoms with Crippen LogP contribution in [0.3, 0.4) is 0 Å². The van der Waals surface area contributed by atoms with Crippen LogP contribution in [0.15, 0.2) is 42.5 Å². The van der Waals surface area contributed by atoms with Crippen LogP contribution in [0.1, 0.15) is 59.8 Å². The smallest absolute Gasteiger partial charge is 0.150 e. The Morgan fingerprint density at radius 1 is 0.885 bits per heavy atom. The zero-order valence-electron chi connectivity index (χ0n) is 16.4. The highest BCUT2D eigenvalue weighted by molar-refractivity contribution is 5.78. The fourth-order valence-corrected chi connectivity index (χ4v) is 3.73. The Bertz CT molecular complexity index is 743. The van der Waals surface area contributed by atoms with Gasteiger partial charge < -0.3 is 4.90 Å². The zero-order chi connectivity index (χ0) is 18.7. The standard InChI is InChI=1S/C23H30N2O/c1-17(2)20-5-7-21(8-6-20)19(4)24-11-13-25(14-12-24)23-10-9-22(16-26)18(3)15-23/h5-10,15-17,19H,11-14H2,1-4H3/t19-/m1/s1. The summed E-state index contributed by atoms with van der Waals surface area (Å²) >= 11 is 0. The van der Waals surface area contributed by atoms with Gasteiger partial charge in [0.25, 0.3) is 0 Å². The summed E-state index contributed by atoms with van der Waals surface area (Å²) in [6, 6.07) is 15.7. The highest BCUT2D eigenvalue weighted by Crippen LogP contribution is 2.26. The summed E-state index contributed by atoms with van der Waals surface area (Å²) in [5.41, 5.74) is 5.86. The molecule has 1 aliphatic rings. The molecule has 0 amide bonds. The number of aldehydes is 1. The van der Waals surface area contributed by atoms with E-state index in [9.17, 15) is 4.79 Å². The summed E-state index contributed by atoms with van der Waals surface area (Å²) in [5, 5.41) is 0. The Morgan fingerprint density at radius 3 is 2.04 bits per heavy atom. The second-order valence-electron chi connectivity index (χ2n) is 7.68. The third kappa shape index (κ3) is 3.99. The maximum atomic E-state index is 11.0. The molecule has 1 atom stereocenters. The highest BCUT2D eigenvalue weighted by atomic mass is 16.1. The van der Waals surface area contributed by atoms with E-state index in [0.29, 0.717) is 12.0 Å². The molecule has 3 rings (SSSR count). The average Bonchev–Trinajstić information content (AvgIpc) is 2.67. The fraction of sp³-hybridized carbons (Fsp3) is 0.435.